The van der Waals surface area contributed by atoms with Crippen molar-refractivity contribution >= 4 is 10.8 Å². The van der Waals surface area contributed by atoms with Crippen LogP contribution in [0.1, 0.15) is 18.4 Å². The molecule has 0 aromatic heterocycles. The molecule has 2 aromatic carbocycles. The predicted molar refractivity (Wildman–Crippen MR) is 75.0 cm³/mol. The Morgan fingerprint density at radius 1 is 1.11 bits per heavy atom. The lowest BCUT2D eigenvalue weighted by atomic mass is 10.0. The van der Waals surface area contributed by atoms with E-state index >= 15 is 0 Å². The van der Waals surface area contributed by atoms with Crippen LogP contribution in [0.3, 0.4) is 0 Å². The van der Waals surface area contributed by atoms with E-state index in [9.17, 15) is 5.11 Å². The van der Waals surface area contributed by atoms with Crippen LogP contribution in [0.15, 0.2) is 36.4 Å². The summed E-state index contributed by atoms with van der Waals surface area (Å²) in [6, 6.07) is 12.8. The molecule has 1 aliphatic carbocycles. The van der Waals surface area contributed by atoms with Gasteiger partial charge in [-0.25, -0.2) is 0 Å². The van der Waals surface area contributed by atoms with Gasteiger partial charge < -0.3 is 10.0 Å². The Bertz CT molecular complexity index is 560. The highest BCUT2D eigenvalue weighted by atomic mass is 16.3. The van der Waals surface area contributed by atoms with E-state index in [2.05, 4.69) is 24.1 Å². The summed E-state index contributed by atoms with van der Waals surface area (Å²) in [4.78, 5) is 2.45. The smallest absolute Gasteiger partial charge is 0.123 e. The molecule has 0 bridgehead atoms. The third-order valence-corrected chi connectivity index (χ3v) is 3.90. The van der Waals surface area contributed by atoms with E-state index in [0.717, 1.165) is 24.4 Å². The fourth-order valence-corrected chi connectivity index (χ4v) is 2.56. The number of likely N-dealkylation sites (N-methyl/N-ethyl adjacent to an activating group) is 1. The lowest BCUT2D eigenvalue weighted by molar-refractivity contribution is 0.329. The second-order valence-electron chi connectivity index (χ2n) is 5.25. The second kappa shape index (κ2) is 4.62. The molecule has 2 heteroatoms. The first-order valence-corrected chi connectivity index (χ1v) is 6.65. The van der Waals surface area contributed by atoms with Gasteiger partial charge in [-0.1, -0.05) is 30.3 Å². The molecule has 1 aliphatic rings. The number of benzene rings is 2. The van der Waals surface area contributed by atoms with Crippen LogP contribution in [-0.2, 0) is 6.42 Å². The van der Waals surface area contributed by atoms with Crippen molar-refractivity contribution in [2.24, 2.45) is 0 Å². The topological polar surface area (TPSA) is 23.5 Å². The van der Waals surface area contributed by atoms with Crippen molar-refractivity contribution in [3.63, 3.8) is 0 Å². The van der Waals surface area contributed by atoms with Crippen molar-refractivity contribution < 1.29 is 5.11 Å². The molecule has 0 aliphatic heterocycles. The zero-order chi connectivity index (χ0) is 12.5. The Hall–Kier alpha value is -1.54. The summed E-state index contributed by atoms with van der Waals surface area (Å²) in [5, 5.41) is 12.0. The summed E-state index contributed by atoms with van der Waals surface area (Å²) in [6.45, 7) is 1.10. The van der Waals surface area contributed by atoms with Gasteiger partial charge in [-0.15, -0.1) is 0 Å². The standard InChI is InChI=1S/C16H19NO/c1-17(13-7-8-13)11-10-12-6-9-16(18)15-5-3-2-4-14(12)15/h2-6,9,13,18H,7-8,10-11H2,1H3. The van der Waals surface area contributed by atoms with Crippen molar-refractivity contribution in [1.82, 2.24) is 4.90 Å². The molecule has 1 N–H and O–H groups in total. The summed E-state index contributed by atoms with van der Waals surface area (Å²) < 4.78 is 0. The first-order valence-electron chi connectivity index (χ1n) is 6.65. The largest absolute Gasteiger partial charge is 0.507 e. The molecule has 0 heterocycles. The van der Waals surface area contributed by atoms with Crippen LogP contribution in [0.4, 0.5) is 0 Å². The van der Waals surface area contributed by atoms with Gasteiger partial charge in [0.05, 0.1) is 0 Å². The maximum Gasteiger partial charge on any atom is 0.123 e. The van der Waals surface area contributed by atoms with Gasteiger partial charge in [-0.2, -0.15) is 0 Å². The Labute approximate surface area is 108 Å². The lowest BCUT2D eigenvalue weighted by Gasteiger charge is -2.16. The molecule has 2 nitrogen and oxygen atoms in total. The maximum absolute atomic E-state index is 9.86. The molecule has 0 spiro atoms. The van der Waals surface area contributed by atoms with Crippen LogP contribution >= 0.6 is 0 Å². The van der Waals surface area contributed by atoms with Crippen LogP contribution in [0.2, 0.25) is 0 Å². The Balaban J connectivity index is 1.85. The minimum absolute atomic E-state index is 0.380. The average Bonchev–Trinajstić information content (AvgIpc) is 3.22. The van der Waals surface area contributed by atoms with E-state index in [1.807, 2.05) is 24.3 Å². The van der Waals surface area contributed by atoms with Gasteiger partial charge in [0.2, 0.25) is 0 Å². The van der Waals surface area contributed by atoms with Crippen molar-refractivity contribution in [2.75, 3.05) is 13.6 Å². The molecule has 0 unspecified atom stereocenters. The summed E-state index contributed by atoms with van der Waals surface area (Å²) in [6.07, 6.45) is 3.76. The van der Waals surface area contributed by atoms with Crippen molar-refractivity contribution in [3.8, 4) is 5.75 Å². The van der Waals surface area contributed by atoms with E-state index in [-0.39, 0.29) is 0 Å². The zero-order valence-corrected chi connectivity index (χ0v) is 10.8. The van der Waals surface area contributed by atoms with Gasteiger partial charge in [0.25, 0.3) is 0 Å². The summed E-state index contributed by atoms with van der Waals surface area (Å²) >= 11 is 0. The summed E-state index contributed by atoms with van der Waals surface area (Å²) in [5.74, 6) is 0.380. The van der Waals surface area contributed by atoms with Crippen LogP contribution in [0.5, 0.6) is 5.75 Å². The number of fused-ring (bicyclic) bond motifs is 1. The number of hydrogen-bond donors (Lipinski definition) is 1. The minimum Gasteiger partial charge on any atom is -0.507 e. The third-order valence-electron chi connectivity index (χ3n) is 3.90. The quantitative estimate of drug-likeness (QED) is 0.888. The van der Waals surface area contributed by atoms with Crippen LogP contribution in [0.25, 0.3) is 10.8 Å². The van der Waals surface area contributed by atoms with Gasteiger partial charge in [-0.05, 0) is 43.3 Å². The highest BCUT2D eigenvalue weighted by Crippen LogP contribution is 2.29. The number of hydrogen-bond acceptors (Lipinski definition) is 2. The van der Waals surface area contributed by atoms with Crippen LogP contribution < -0.4 is 0 Å². The molecule has 0 saturated heterocycles. The van der Waals surface area contributed by atoms with Crippen LogP contribution in [-0.4, -0.2) is 29.6 Å². The number of nitrogens with zero attached hydrogens (tertiary/aromatic N) is 1. The summed E-state index contributed by atoms with van der Waals surface area (Å²) in [7, 11) is 2.21. The van der Waals surface area contributed by atoms with Gasteiger partial charge in [0.15, 0.2) is 0 Å². The van der Waals surface area contributed by atoms with E-state index in [1.54, 1.807) is 0 Å². The fourth-order valence-electron chi connectivity index (χ4n) is 2.56. The van der Waals surface area contributed by atoms with E-state index < -0.39 is 0 Å². The number of aromatic hydroxyl groups is 1. The molecule has 18 heavy (non-hydrogen) atoms. The first-order chi connectivity index (χ1) is 8.75. The third kappa shape index (κ3) is 2.21. The molecular weight excluding hydrogens is 222 g/mol. The van der Waals surface area contributed by atoms with E-state index in [0.29, 0.717) is 5.75 Å². The Morgan fingerprint density at radius 2 is 1.83 bits per heavy atom. The monoisotopic (exact) mass is 241 g/mol. The average molecular weight is 241 g/mol. The number of rotatable bonds is 4. The van der Waals surface area contributed by atoms with Gasteiger partial charge in [0, 0.05) is 18.0 Å². The molecule has 0 atom stereocenters. The summed E-state index contributed by atoms with van der Waals surface area (Å²) in [5.41, 5.74) is 1.33. The predicted octanol–water partition coefficient (Wildman–Crippen LogP) is 3.18. The SMILES string of the molecule is CN(CCc1ccc(O)c2ccccc12)C1CC1. The van der Waals surface area contributed by atoms with Crippen molar-refractivity contribution in [2.45, 2.75) is 25.3 Å². The number of phenols is 1. The number of phenolic OH excluding ortho intramolecular Hbond substituents is 1. The Morgan fingerprint density at radius 3 is 2.56 bits per heavy atom. The van der Waals surface area contributed by atoms with Crippen molar-refractivity contribution in [3.05, 3.63) is 42.0 Å². The van der Waals surface area contributed by atoms with Crippen molar-refractivity contribution in [1.29, 1.82) is 0 Å². The molecule has 1 saturated carbocycles. The zero-order valence-electron chi connectivity index (χ0n) is 10.8. The molecule has 0 amide bonds. The first kappa shape index (κ1) is 11.5. The van der Waals surface area contributed by atoms with Crippen LogP contribution in [0, 0.1) is 0 Å². The van der Waals surface area contributed by atoms with Gasteiger partial charge in [0.1, 0.15) is 5.75 Å². The normalized spacial score (nSPS) is 15.4. The van der Waals surface area contributed by atoms with Gasteiger partial charge in [-0.3, -0.25) is 0 Å². The lowest BCUT2D eigenvalue weighted by Crippen LogP contribution is -2.23. The molecule has 94 valence electrons. The molecule has 2 aromatic rings. The minimum atomic E-state index is 0.380. The van der Waals surface area contributed by atoms with E-state index in [4.69, 9.17) is 0 Å². The molecule has 1 fully saturated rings. The van der Waals surface area contributed by atoms with Gasteiger partial charge >= 0.3 is 0 Å². The Kier molecular flexibility index (Phi) is 2.96. The highest BCUT2D eigenvalue weighted by Gasteiger charge is 2.25. The second-order valence-corrected chi connectivity index (χ2v) is 5.25. The fraction of sp³-hybridized carbons (Fsp3) is 0.375. The molecule has 3 rings (SSSR count). The molecule has 0 radical (unpaired) electrons. The highest BCUT2D eigenvalue weighted by molar-refractivity contribution is 5.90. The van der Waals surface area contributed by atoms with E-state index in [1.165, 1.54) is 23.8 Å². The molecular formula is C16H19NO. The maximum atomic E-state index is 9.86.